The molecule has 0 heterocycles. The summed E-state index contributed by atoms with van der Waals surface area (Å²) in [4.78, 5) is 37.2. The lowest BCUT2D eigenvalue weighted by Gasteiger charge is -2.28. The van der Waals surface area contributed by atoms with Crippen molar-refractivity contribution in [3.8, 4) is 11.1 Å². The van der Waals surface area contributed by atoms with Crippen LogP contribution in [0.2, 0.25) is 0 Å². The molecule has 2 N–H and O–H groups in total. The average molecular weight is 445 g/mol. The average Bonchev–Trinajstić information content (AvgIpc) is 3.14. The Morgan fingerprint density at radius 1 is 0.818 bits per heavy atom. The number of benzene rings is 3. The van der Waals surface area contributed by atoms with Crippen molar-refractivity contribution in [2.75, 3.05) is 6.61 Å². The predicted molar refractivity (Wildman–Crippen MR) is 121 cm³/mol. The minimum atomic E-state index is -1.56. The van der Waals surface area contributed by atoms with Crippen LogP contribution in [0.5, 0.6) is 0 Å². The molecule has 3 aromatic rings. The van der Waals surface area contributed by atoms with Crippen LogP contribution in [0.25, 0.3) is 11.1 Å². The van der Waals surface area contributed by atoms with E-state index in [1.807, 2.05) is 48.5 Å². The van der Waals surface area contributed by atoms with Gasteiger partial charge >= 0.3 is 18.0 Å². The molecule has 0 spiro atoms. The second-order valence-electron chi connectivity index (χ2n) is 7.87. The van der Waals surface area contributed by atoms with Crippen LogP contribution in [0.4, 0.5) is 4.79 Å². The normalized spacial score (nSPS) is 13.0. The highest BCUT2D eigenvalue weighted by Crippen LogP contribution is 2.44. The van der Waals surface area contributed by atoms with Crippen LogP contribution in [-0.2, 0) is 20.9 Å². The summed E-state index contributed by atoms with van der Waals surface area (Å²) in [5.74, 6) is -2.91. The molecular weight excluding hydrogens is 422 g/mol. The van der Waals surface area contributed by atoms with E-state index >= 15 is 0 Å². The maximum absolute atomic E-state index is 13.1. The molecule has 1 atom stereocenters. The lowest BCUT2D eigenvalue weighted by atomic mass is 9.98. The van der Waals surface area contributed by atoms with Crippen molar-refractivity contribution in [1.29, 1.82) is 0 Å². The second-order valence-corrected chi connectivity index (χ2v) is 7.87. The third-order valence-corrected chi connectivity index (χ3v) is 5.80. The third kappa shape index (κ3) is 4.72. The number of aliphatic carboxylic acids is 2. The van der Waals surface area contributed by atoms with Crippen LogP contribution in [0.3, 0.4) is 0 Å². The Bertz CT molecular complexity index is 1130. The smallest absolute Gasteiger partial charge is 0.410 e. The molecule has 3 aromatic carbocycles. The van der Waals surface area contributed by atoms with Crippen molar-refractivity contribution in [2.24, 2.45) is 0 Å². The van der Waals surface area contributed by atoms with E-state index in [4.69, 9.17) is 4.74 Å². The third-order valence-electron chi connectivity index (χ3n) is 5.80. The summed E-state index contributed by atoms with van der Waals surface area (Å²) < 4.78 is 5.62. The lowest BCUT2D eigenvalue weighted by molar-refractivity contribution is -0.149. The first-order valence-corrected chi connectivity index (χ1v) is 10.6. The molecule has 0 bridgehead atoms. The maximum atomic E-state index is 13.1. The quantitative estimate of drug-likeness (QED) is 0.534. The fourth-order valence-corrected chi connectivity index (χ4v) is 4.26. The highest BCUT2D eigenvalue weighted by molar-refractivity contribution is 5.85. The van der Waals surface area contributed by atoms with Crippen LogP contribution in [-0.4, -0.2) is 45.8 Å². The van der Waals surface area contributed by atoms with Gasteiger partial charge in [0.25, 0.3) is 0 Å². The molecule has 1 aliphatic carbocycles. The molecule has 0 aliphatic heterocycles. The molecule has 168 valence electrons. The number of nitrogens with zero attached hydrogens (tertiary/aromatic N) is 1. The summed E-state index contributed by atoms with van der Waals surface area (Å²) in [6.07, 6.45) is -1.60. The van der Waals surface area contributed by atoms with Gasteiger partial charge in [-0.2, -0.15) is 0 Å². The fourth-order valence-electron chi connectivity index (χ4n) is 4.26. The van der Waals surface area contributed by atoms with Gasteiger partial charge in [0.05, 0.1) is 6.42 Å². The largest absolute Gasteiger partial charge is 0.481 e. The van der Waals surface area contributed by atoms with Gasteiger partial charge in [0.2, 0.25) is 0 Å². The van der Waals surface area contributed by atoms with E-state index in [2.05, 4.69) is 0 Å². The zero-order chi connectivity index (χ0) is 23.4. The standard InChI is InChI=1S/C26H23NO6/c28-24(29)14-23(25(30)31)27(15-17-8-2-1-3-9-17)26(32)33-16-22-20-12-6-4-10-18(20)19-11-5-7-13-21(19)22/h1-13,22-23H,14-16H2,(H,28,29)(H,30,31)/t23-/m0/s1. The van der Waals surface area contributed by atoms with Crippen molar-refractivity contribution in [1.82, 2.24) is 4.90 Å². The van der Waals surface area contributed by atoms with E-state index in [0.29, 0.717) is 5.56 Å². The van der Waals surface area contributed by atoms with E-state index in [0.717, 1.165) is 27.2 Å². The van der Waals surface area contributed by atoms with Gasteiger partial charge in [-0.3, -0.25) is 9.69 Å². The molecule has 4 rings (SSSR count). The Balaban J connectivity index is 1.58. The SMILES string of the molecule is O=C(O)C[C@@H](C(=O)O)N(Cc1ccccc1)C(=O)OCC1c2ccccc2-c2ccccc21. The monoisotopic (exact) mass is 445 g/mol. The summed E-state index contributed by atoms with van der Waals surface area (Å²) in [7, 11) is 0. The topological polar surface area (TPSA) is 104 Å². The molecule has 0 radical (unpaired) electrons. The Labute approximate surface area is 190 Å². The number of fused-ring (bicyclic) bond motifs is 3. The number of ether oxygens (including phenoxy) is 1. The Morgan fingerprint density at radius 3 is 1.91 bits per heavy atom. The zero-order valence-corrected chi connectivity index (χ0v) is 17.8. The summed E-state index contributed by atoms with van der Waals surface area (Å²) in [6.45, 7) is -0.0701. The number of carbonyl (C=O) groups excluding carboxylic acids is 1. The summed E-state index contributed by atoms with van der Waals surface area (Å²) in [5, 5.41) is 18.9. The van der Waals surface area contributed by atoms with Gasteiger partial charge in [-0.15, -0.1) is 0 Å². The molecule has 33 heavy (non-hydrogen) atoms. The minimum absolute atomic E-state index is 0.0115. The molecule has 0 saturated carbocycles. The molecule has 0 saturated heterocycles. The van der Waals surface area contributed by atoms with Crippen molar-refractivity contribution in [3.63, 3.8) is 0 Å². The van der Waals surface area contributed by atoms with E-state index in [1.54, 1.807) is 30.3 Å². The van der Waals surface area contributed by atoms with Crippen molar-refractivity contribution in [3.05, 3.63) is 95.6 Å². The number of amides is 1. The highest BCUT2D eigenvalue weighted by atomic mass is 16.6. The van der Waals surface area contributed by atoms with Crippen LogP contribution >= 0.6 is 0 Å². The molecule has 7 nitrogen and oxygen atoms in total. The lowest BCUT2D eigenvalue weighted by Crippen LogP contribution is -2.46. The number of hydrogen-bond donors (Lipinski definition) is 2. The van der Waals surface area contributed by atoms with E-state index in [9.17, 15) is 24.6 Å². The molecule has 0 fully saturated rings. The first-order chi connectivity index (χ1) is 16.0. The van der Waals surface area contributed by atoms with Crippen molar-refractivity contribution in [2.45, 2.75) is 24.9 Å². The van der Waals surface area contributed by atoms with Crippen molar-refractivity contribution >= 4 is 18.0 Å². The number of carbonyl (C=O) groups is 3. The van der Waals surface area contributed by atoms with Gasteiger partial charge in [-0.1, -0.05) is 78.9 Å². The Hall–Kier alpha value is -4.13. The first kappa shape index (κ1) is 22.1. The van der Waals surface area contributed by atoms with Gasteiger partial charge < -0.3 is 14.9 Å². The van der Waals surface area contributed by atoms with Gasteiger partial charge in [0, 0.05) is 12.5 Å². The Kier molecular flexibility index (Phi) is 6.40. The fraction of sp³-hybridized carbons (Fsp3) is 0.192. The van der Waals surface area contributed by atoms with Gasteiger partial charge in [-0.05, 0) is 27.8 Å². The molecule has 1 aliphatic rings. The summed E-state index contributed by atoms with van der Waals surface area (Å²) >= 11 is 0. The maximum Gasteiger partial charge on any atom is 0.410 e. The molecular formula is C26H23NO6. The number of rotatable bonds is 8. The predicted octanol–water partition coefficient (Wildman–Crippen LogP) is 4.37. The molecule has 7 heteroatoms. The number of carboxylic acid groups (broad SMARTS) is 2. The van der Waals surface area contributed by atoms with E-state index in [-0.39, 0.29) is 19.1 Å². The van der Waals surface area contributed by atoms with E-state index in [1.165, 1.54) is 0 Å². The van der Waals surface area contributed by atoms with Crippen LogP contribution in [0.15, 0.2) is 78.9 Å². The van der Waals surface area contributed by atoms with Crippen molar-refractivity contribution < 1.29 is 29.3 Å². The van der Waals surface area contributed by atoms with Gasteiger partial charge in [-0.25, -0.2) is 9.59 Å². The highest BCUT2D eigenvalue weighted by Gasteiger charge is 2.35. The van der Waals surface area contributed by atoms with Crippen LogP contribution < -0.4 is 0 Å². The molecule has 0 unspecified atom stereocenters. The van der Waals surface area contributed by atoms with Crippen LogP contribution in [0, 0.1) is 0 Å². The second kappa shape index (κ2) is 9.56. The molecule has 0 aromatic heterocycles. The first-order valence-electron chi connectivity index (χ1n) is 10.6. The molecule has 1 amide bonds. The summed E-state index contributed by atoms with van der Waals surface area (Å²) in [6, 6.07) is 23.0. The zero-order valence-electron chi connectivity index (χ0n) is 17.8. The number of carboxylic acids is 2. The van der Waals surface area contributed by atoms with Gasteiger partial charge in [0.1, 0.15) is 12.6 Å². The minimum Gasteiger partial charge on any atom is -0.481 e. The Morgan fingerprint density at radius 2 is 1.36 bits per heavy atom. The number of hydrogen-bond acceptors (Lipinski definition) is 4. The van der Waals surface area contributed by atoms with Crippen LogP contribution in [0.1, 0.15) is 29.0 Å². The van der Waals surface area contributed by atoms with Gasteiger partial charge in [0.15, 0.2) is 0 Å². The summed E-state index contributed by atoms with van der Waals surface area (Å²) in [5.41, 5.74) is 4.87. The van der Waals surface area contributed by atoms with E-state index < -0.39 is 30.5 Å².